The van der Waals surface area contributed by atoms with Crippen LogP contribution < -0.4 is 0 Å². The quantitative estimate of drug-likeness (QED) is 0.295. The van der Waals surface area contributed by atoms with Gasteiger partial charge in [-0.15, -0.1) is 23.1 Å². The van der Waals surface area contributed by atoms with Crippen LogP contribution in [0.5, 0.6) is 0 Å². The Morgan fingerprint density at radius 1 is 1.08 bits per heavy atom. The van der Waals surface area contributed by atoms with Gasteiger partial charge in [-0.2, -0.15) is 0 Å². The summed E-state index contributed by atoms with van der Waals surface area (Å²) in [4.78, 5) is 8.47. The number of aromatic nitrogens is 1. The van der Waals surface area contributed by atoms with Crippen LogP contribution >= 0.6 is 23.1 Å². The molecule has 0 aliphatic heterocycles. The molecule has 0 radical (unpaired) electrons. The number of unbranched alkanes of at least 4 members (excludes halogenated alkanes) is 4. The summed E-state index contributed by atoms with van der Waals surface area (Å²) in [6.07, 6.45) is 12.0. The van der Waals surface area contributed by atoms with Crippen LogP contribution in [0.4, 0.5) is 0 Å². The van der Waals surface area contributed by atoms with Gasteiger partial charge in [-0.1, -0.05) is 32.3 Å². The van der Waals surface area contributed by atoms with Crippen LogP contribution in [-0.2, 0) is 12.8 Å². The van der Waals surface area contributed by atoms with Gasteiger partial charge in [0.25, 0.3) is 0 Å². The molecule has 4 heteroatoms. The molecule has 0 saturated carbocycles. The van der Waals surface area contributed by atoms with Crippen molar-refractivity contribution in [1.82, 2.24) is 9.88 Å². The van der Waals surface area contributed by atoms with E-state index in [0.29, 0.717) is 0 Å². The van der Waals surface area contributed by atoms with Gasteiger partial charge in [0.1, 0.15) is 0 Å². The van der Waals surface area contributed by atoms with Crippen LogP contribution in [0.15, 0.2) is 34.8 Å². The van der Waals surface area contributed by atoms with Gasteiger partial charge in [0, 0.05) is 17.5 Å². The highest BCUT2D eigenvalue weighted by Crippen LogP contribution is 2.29. The molecule has 0 aliphatic carbocycles. The van der Waals surface area contributed by atoms with Crippen molar-refractivity contribution in [3.8, 4) is 0 Å². The Kier molecular flexibility index (Phi) is 10.3. The number of thioether (sulfide) groups is 1. The molecule has 0 amide bonds. The van der Waals surface area contributed by atoms with E-state index in [9.17, 15) is 0 Å². The van der Waals surface area contributed by atoms with Gasteiger partial charge in [0.15, 0.2) is 0 Å². The van der Waals surface area contributed by atoms with Gasteiger partial charge in [-0.05, 0) is 80.7 Å². The zero-order valence-electron chi connectivity index (χ0n) is 16.7. The first-order valence-corrected chi connectivity index (χ1v) is 11.8. The van der Waals surface area contributed by atoms with Crippen LogP contribution in [0.25, 0.3) is 0 Å². The molecule has 2 aromatic rings. The second kappa shape index (κ2) is 12.5. The Labute approximate surface area is 168 Å². The van der Waals surface area contributed by atoms with Crippen molar-refractivity contribution in [3.05, 3.63) is 45.8 Å². The van der Waals surface area contributed by atoms with E-state index in [1.807, 2.05) is 29.3 Å². The Balaban J connectivity index is 1.91. The summed E-state index contributed by atoms with van der Waals surface area (Å²) >= 11 is 3.82. The van der Waals surface area contributed by atoms with Crippen LogP contribution in [0.1, 0.15) is 61.5 Å². The van der Waals surface area contributed by atoms with E-state index in [-0.39, 0.29) is 0 Å². The summed E-state index contributed by atoms with van der Waals surface area (Å²) in [7, 11) is 4.31. The average Bonchev–Trinajstić information content (AvgIpc) is 3.13. The van der Waals surface area contributed by atoms with Gasteiger partial charge in [-0.3, -0.25) is 0 Å². The first-order valence-electron chi connectivity index (χ1n) is 9.97. The lowest BCUT2D eigenvalue weighted by Crippen LogP contribution is -2.12. The summed E-state index contributed by atoms with van der Waals surface area (Å²) < 4.78 is 0. The van der Waals surface area contributed by atoms with Gasteiger partial charge in [0.2, 0.25) is 0 Å². The fraction of sp³-hybridized carbons (Fsp3) is 0.591. The van der Waals surface area contributed by atoms with Crippen molar-refractivity contribution in [2.75, 3.05) is 26.4 Å². The normalized spacial score (nSPS) is 11.4. The van der Waals surface area contributed by atoms with Gasteiger partial charge in [-0.25, -0.2) is 4.98 Å². The lowest BCUT2D eigenvalue weighted by Gasteiger charge is -2.13. The summed E-state index contributed by atoms with van der Waals surface area (Å²) in [5.74, 6) is 1.18. The minimum atomic E-state index is 1.04. The standard InChI is InChI=1S/C22H34N2S2/c1-4-5-11-19-13-14-23-22(21(19)18-20-12-10-17-25-20)26-16-9-7-6-8-15-24(2)3/h10,12-14,17H,4-9,11,15-16,18H2,1-3H3. The van der Waals surface area contributed by atoms with Gasteiger partial charge < -0.3 is 4.90 Å². The first-order chi connectivity index (χ1) is 12.7. The van der Waals surface area contributed by atoms with E-state index in [2.05, 4.69) is 49.5 Å². The molecule has 2 rings (SSSR count). The second-order valence-corrected chi connectivity index (χ2v) is 9.30. The van der Waals surface area contributed by atoms with Crippen molar-refractivity contribution >= 4 is 23.1 Å². The van der Waals surface area contributed by atoms with Crippen LogP contribution in [0, 0.1) is 0 Å². The number of thiophene rings is 1. The van der Waals surface area contributed by atoms with Crippen LogP contribution in [0.3, 0.4) is 0 Å². The molecule has 144 valence electrons. The van der Waals surface area contributed by atoms with E-state index >= 15 is 0 Å². The Morgan fingerprint density at radius 2 is 1.92 bits per heavy atom. The molecule has 0 N–H and O–H groups in total. The van der Waals surface area contributed by atoms with Crippen molar-refractivity contribution in [2.45, 2.75) is 63.3 Å². The average molecular weight is 391 g/mol. The van der Waals surface area contributed by atoms with E-state index in [1.165, 1.54) is 78.3 Å². The Morgan fingerprint density at radius 3 is 2.65 bits per heavy atom. The highest BCUT2D eigenvalue weighted by molar-refractivity contribution is 7.99. The SMILES string of the molecule is CCCCc1ccnc(SCCCCCCN(C)C)c1Cc1cccs1. The molecule has 0 spiro atoms. The molecule has 2 aromatic heterocycles. The zero-order valence-corrected chi connectivity index (χ0v) is 18.3. The summed E-state index contributed by atoms with van der Waals surface area (Å²) in [5.41, 5.74) is 2.98. The second-order valence-electron chi connectivity index (χ2n) is 7.18. The fourth-order valence-electron chi connectivity index (χ4n) is 3.07. The predicted molar refractivity (Wildman–Crippen MR) is 118 cm³/mol. The Hall–Kier alpha value is -0.840. The van der Waals surface area contributed by atoms with E-state index in [0.717, 1.165) is 6.42 Å². The molecule has 0 aromatic carbocycles. The number of hydrogen-bond acceptors (Lipinski definition) is 4. The molecule has 2 nitrogen and oxygen atoms in total. The third-order valence-corrected chi connectivity index (χ3v) is 6.58. The summed E-state index contributed by atoms with van der Waals surface area (Å²) in [5, 5.41) is 3.44. The van der Waals surface area contributed by atoms with Crippen molar-refractivity contribution < 1.29 is 0 Å². The third kappa shape index (κ3) is 7.81. The predicted octanol–water partition coefficient (Wildman–Crippen LogP) is 6.29. The molecular formula is C22H34N2S2. The molecule has 2 heterocycles. The highest BCUT2D eigenvalue weighted by Gasteiger charge is 2.12. The minimum absolute atomic E-state index is 1.04. The number of pyridine rings is 1. The molecule has 0 aliphatic rings. The number of aryl methyl sites for hydroxylation is 1. The lowest BCUT2D eigenvalue weighted by molar-refractivity contribution is 0.391. The zero-order chi connectivity index (χ0) is 18.6. The number of nitrogens with zero attached hydrogens (tertiary/aromatic N) is 2. The first kappa shape index (κ1) is 21.5. The topological polar surface area (TPSA) is 16.1 Å². The highest BCUT2D eigenvalue weighted by atomic mass is 32.2. The van der Waals surface area contributed by atoms with E-state index < -0.39 is 0 Å². The number of hydrogen-bond donors (Lipinski definition) is 0. The minimum Gasteiger partial charge on any atom is -0.309 e. The fourth-order valence-corrected chi connectivity index (χ4v) is 4.84. The van der Waals surface area contributed by atoms with Crippen LogP contribution in [0.2, 0.25) is 0 Å². The summed E-state index contributed by atoms with van der Waals surface area (Å²) in [6, 6.07) is 6.65. The molecule has 0 unspecified atom stereocenters. The maximum absolute atomic E-state index is 4.75. The van der Waals surface area contributed by atoms with Crippen LogP contribution in [-0.4, -0.2) is 36.3 Å². The molecule has 0 atom stereocenters. The van der Waals surface area contributed by atoms with Crippen molar-refractivity contribution in [3.63, 3.8) is 0 Å². The van der Waals surface area contributed by atoms with Gasteiger partial charge in [0.05, 0.1) is 5.03 Å². The number of rotatable bonds is 13. The molecule has 0 bridgehead atoms. The monoisotopic (exact) mass is 390 g/mol. The van der Waals surface area contributed by atoms with Crippen molar-refractivity contribution in [1.29, 1.82) is 0 Å². The Bertz CT molecular complexity index is 609. The van der Waals surface area contributed by atoms with E-state index in [4.69, 9.17) is 4.98 Å². The maximum atomic E-state index is 4.75. The van der Waals surface area contributed by atoms with Crippen molar-refractivity contribution in [2.24, 2.45) is 0 Å². The lowest BCUT2D eigenvalue weighted by atomic mass is 10.0. The molecule has 0 fully saturated rings. The third-order valence-electron chi connectivity index (χ3n) is 4.58. The van der Waals surface area contributed by atoms with E-state index in [1.54, 1.807) is 0 Å². The molecule has 26 heavy (non-hydrogen) atoms. The molecular weight excluding hydrogens is 356 g/mol. The van der Waals surface area contributed by atoms with Gasteiger partial charge >= 0.3 is 0 Å². The smallest absolute Gasteiger partial charge is 0.0998 e. The maximum Gasteiger partial charge on any atom is 0.0998 e. The molecule has 0 saturated heterocycles. The largest absolute Gasteiger partial charge is 0.309 e. The summed E-state index contributed by atoms with van der Waals surface area (Å²) in [6.45, 7) is 3.48.